The van der Waals surface area contributed by atoms with Gasteiger partial charge in [0.05, 0.1) is 12.5 Å². The van der Waals surface area contributed by atoms with Gasteiger partial charge in [0.2, 0.25) is 0 Å². The van der Waals surface area contributed by atoms with Crippen molar-refractivity contribution >= 4 is 28.9 Å². The summed E-state index contributed by atoms with van der Waals surface area (Å²) in [6.07, 6.45) is 0.299. The molecule has 0 unspecified atom stereocenters. The molecule has 0 aliphatic carbocycles. The van der Waals surface area contributed by atoms with Crippen molar-refractivity contribution in [2.75, 3.05) is 11.9 Å². The Hall–Kier alpha value is -2.92. The van der Waals surface area contributed by atoms with Crippen LogP contribution in [0.1, 0.15) is 11.3 Å². The predicted molar refractivity (Wildman–Crippen MR) is 88.7 cm³/mol. The van der Waals surface area contributed by atoms with Gasteiger partial charge in [0, 0.05) is 16.8 Å². The van der Waals surface area contributed by atoms with Crippen molar-refractivity contribution in [1.29, 1.82) is 5.26 Å². The molecule has 7 nitrogen and oxygen atoms in total. The van der Waals surface area contributed by atoms with Gasteiger partial charge in [-0.1, -0.05) is 23.5 Å². The molecule has 1 aromatic carbocycles. The third-order valence-electron chi connectivity index (χ3n) is 3.15. The highest BCUT2D eigenvalue weighted by Gasteiger charge is 2.11. The topological polar surface area (TPSA) is 101 Å². The van der Waals surface area contributed by atoms with Crippen LogP contribution in [0.5, 0.6) is 0 Å². The van der Waals surface area contributed by atoms with Gasteiger partial charge in [0.25, 0.3) is 5.91 Å². The Labute approximate surface area is 142 Å². The summed E-state index contributed by atoms with van der Waals surface area (Å²) in [6.45, 7) is 1.06. The molecule has 0 fully saturated rings. The molecule has 1 aromatic heterocycles. The average molecular weight is 345 g/mol. The highest BCUT2D eigenvalue weighted by atomic mass is 32.1. The zero-order chi connectivity index (χ0) is 17.5. The molecule has 0 atom stereocenters. The first kappa shape index (κ1) is 17.4. The minimum atomic E-state index is -0.655. The van der Waals surface area contributed by atoms with Gasteiger partial charge in [-0.3, -0.25) is 19.0 Å². The van der Waals surface area contributed by atoms with Crippen molar-refractivity contribution in [2.45, 2.75) is 19.9 Å². The molecule has 0 saturated heterocycles. The molecule has 1 amide bonds. The number of hydrogen-bond acceptors (Lipinski definition) is 6. The van der Waals surface area contributed by atoms with E-state index in [0.717, 1.165) is 16.9 Å². The number of nitriles is 1. The summed E-state index contributed by atoms with van der Waals surface area (Å²) < 4.78 is 6.16. The molecule has 24 heavy (non-hydrogen) atoms. The van der Waals surface area contributed by atoms with Crippen molar-refractivity contribution in [2.24, 2.45) is 0 Å². The van der Waals surface area contributed by atoms with E-state index >= 15 is 0 Å². The van der Waals surface area contributed by atoms with E-state index in [0.29, 0.717) is 17.8 Å². The Balaban J connectivity index is 1.81. The Morgan fingerprint density at radius 1 is 1.33 bits per heavy atom. The number of carbonyl (C=O) groups is 2. The minimum Gasteiger partial charge on any atom is -0.454 e. The Kier molecular flexibility index (Phi) is 5.87. The molecule has 0 bridgehead atoms. The van der Waals surface area contributed by atoms with Crippen molar-refractivity contribution in [3.63, 3.8) is 0 Å². The fourth-order valence-corrected chi connectivity index (χ4v) is 2.65. The zero-order valence-electron chi connectivity index (χ0n) is 12.9. The van der Waals surface area contributed by atoms with E-state index in [1.165, 1.54) is 4.57 Å². The smallest absolute Gasteiger partial charge is 0.326 e. The van der Waals surface area contributed by atoms with Gasteiger partial charge in [-0.2, -0.15) is 5.26 Å². The summed E-state index contributed by atoms with van der Waals surface area (Å²) >= 11 is 1.00. The second kappa shape index (κ2) is 8.08. The van der Waals surface area contributed by atoms with Crippen LogP contribution in [0.4, 0.5) is 5.69 Å². The summed E-state index contributed by atoms with van der Waals surface area (Å²) in [7, 11) is 0. The fourth-order valence-electron chi connectivity index (χ4n) is 1.91. The largest absolute Gasteiger partial charge is 0.454 e. The van der Waals surface area contributed by atoms with Crippen molar-refractivity contribution < 1.29 is 14.3 Å². The number of nitrogens with one attached hydrogen (secondary N) is 1. The first-order valence-corrected chi connectivity index (χ1v) is 7.94. The van der Waals surface area contributed by atoms with E-state index in [9.17, 15) is 14.4 Å². The van der Waals surface area contributed by atoms with Gasteiger partial charge < -0.3 is 10.1 Å². The maximum absolute atomic E-state index is 11.8. The molecule has 0 aliphatic rings. The average Bonchev–Trinajstić information content (AvgIpc) is 2.87. The number of rotatable bonds is 6. The van der Waals surface area contributed by atoms with Crippen molar-refractivity contribution in [3.8, 4) is 6.07 Å². The second-order valence-electron chi connectivity index (χ2n) is 4.97. The van der Waals surface area contributed by atoms with Gasteiger partial charge in [0.1, 0.15) is 6.54 Å². The number of thiazole rings is 1. The quantitative estimate of drug-likeness (QED) is 0.799. The van der Waals surface area contributed by atoms with E-state index in [1.54, 1.807) is 36.6 Å². The molecule has 1 heterocycles. The molecular weight excluding hydrogens is 330 g/mol. The number of aromatic nitrogens is 1. The number of esters is 1. The molecule has 0 spiro atoms. The SMILES string of the molecule is Cc1csc(=O)n1CC(=O)OCC(=O)Nc1ccc(CC#N)cc1. The number of anilines is 1. The lowest BCUT2D eigenvalue weighted by Crippen LogP contribution is -2.26. The summed E-state index contributed by atoms with van der Waals surface area (Å²) in [6, 6.07) is 8.83. The molecule has 124 valence electrons. The molecule has 0 aliphatic heterocycles. The van der Waals surface area contributed by atoms with Gasteiger partial charge in [-0.25, -0.2) is 0 Å². The second-order valence-corrected chi connectivity index (χ2v) is 5.79. The van der Waals surface area contributed by atoms with Crippen LogP contribution in [0.15, 0.2) is 34.4 Å². The molecule has 2 rings (SSSR count). The maximum Gasteiger partial charge on any atom is 0.326 e. The lowest BCUT2D eigenvalue weighted by atomic mass is 10.1. The van der Waals surface area contributed by atoms with E-state index in [1.807, 2.05) is 6.07 Å². The Bertz CT molecular complexity index is 830. The molecule has 0 radical (unpaired) electrons. The van der Waals surface area contributed by atoms with E-state index in [4.69, 9.17) is 10.00 Å². The van der Waals surface area contributed by atoms with E-state index in [-0.39, 0.29) is 11.4 Å². The molecular formula is C16H15N3O4S. The number of ether oxygens (including phenoxy) is 1. The maximum atomic E-state index is 11.8. The first-order chi connectivity index (χ1) is 11.5. The molecule has 0 saturated carbocycles. The van der Waals surface area contributed by atoms with Gasteiger partial charge in [-0.15, -0.1) is 0 Å². The third kappa shape index (κ3) is 4.79. The van der Waals surface area contributed by atoms with Crippen LogP contribution >= 0.6 is 11.3 Å². The summed E-state index contributed by atoms with van der Waals surface area (Å²) in [4.78, 5) is 34.7. The number of nitrogens with zero attached hydrogens (tertiary/aromatic N) is 2. The number of amides is 1. The summed E-state index contributed by atoms with van der Waals surface area (Å²) in [5.74, 6) is -1.14. The first-order valence-electron chi connectivity index (χ1n) is 7.06. The van der Waals surface area contributed by atoms with Crippen LogP contribution < -0.4 is 10.2 Å². The van der Waals surface area contributed by atoms with Crippen LogP contribution in [-0.4, -0.2) is 23.1 Å². The van der Waals surface area contributed by atoms with Gasteiger partial charge in [0.15, 0.2) is 6.61 Å². The number of aryl methyl sites for hydroxylation is 1. The van der Waals surface area contributed by atoms with Crippen LogP contribution in [0, 0.1) is 18.3 Å². The van der Waals surface area contributed by atoms with Crippen LogP contribution in [0.3, 0.4) is 0 Å². The van der Waals surface area contributed by atoms with Gasteiger partial charge >= 0.3 is 10.8 Å². The Morgan fingerprint density at radius 3 is 2.62 bits per heavy atom. The number of hydrogen-bond donors (Lipinski definition) is 1. The normalized spacial score (nSPS) is 10.0. The zero-order valence-corrected chi connectivity index (χ0v) is 13.8. The molecule has 8 heteroatoms. The van der Waals surface area contributed by atoms with Crippen molar-refractivity contribution in [3.05, 3.63) is 50.6 Å². The summed E-state index contributed by atoms with van der Waals surface area (Å²) in [5, 5.41) is 12.8. The van der Waals surface area contributed by atoms with Crippen LogP contribution in [-0.2, 0) is 27.3 Å². The molecule has 2 aromatic rings. The van der Waals surface area contributed by atoms with Crippen molar-refractivity contribution in [1.82, 2.24) is 4.57 Å². The number of carbonyl (C=O) groups excluding carboxylic acids is 2. The van der Waals surface area contributed by atoms with Gasteiger partial charge in [-0.05, 0) is 24.6 Å². The number of benzene rings is 1. The molecule has 1 N–H and O–H groups in total. The monoisotopic (exact) mass is 345 g/mol. The van der Waals surface area contributed by atoms with Crippen LogP contribution in [0.2, 0.25) is 0 Å². The minimum absolute atomic E-state index is 0.218. The predicted octanol–water partition coefficient (Wildman–Crippen LogP) is 1.47. The standard InChI is InChI=1S/C16H15N3O4S/c1-11-10-24-16(22)19(11)8-15(21)23-9-14(20)18-13-4-2-12(3-5-13)6-7-17/h2-5,10H,6,8-9H2,1H3,(H,18,20). The fraction of sp³-hybridized carbons (Fsp3) is 0.250. The van der Waals surface area contributed by atoms with E-state index < -0.39 is 18.5 Å². The Morgan fingerprint density at radius 2 is 2.04 bits per heavy atom. The summed E-state index contributed by atoms with van der Waals surface area (Å²) in [5.41, 5.74) is 2.06. The third-order valence-corrected chi connectivity index (χ3v) is 4.03. The lowest BCUT2D eigenvalue weighted by molar-refractivity contribution is -0.147. The van der Waals surface area contributed by atoms with E-state index in [2.05, 4.69) is 5.32 Å². The lowest BCUT2D eigenvalue weighted by Gasteiger charge is -2.08. The highest BCUT2D eigenvalue weighted by molar-refractivity contribution is 7.07. The highest BCUT2D eigenvalue weighted by Crippen LogP contribution is 2.09. The van der Waals surface area contributed by atoms with Crippen LogP contribution in [0.25, 0.3) is 0 Å².